The highest BCUT2D eigenvalue weighted by molar-refractivity contribution is 6.43. The van der Waals surface area contributed by atoms with Crippen molar-refractivity contribution in [3.05, 3.63) is 83.8 Å². The summed E-state index contributed by atoms with van der Waals surface area (Å²) in [5.74, 6) is 2.10. The van der Waals surface area contributed by atoms with Gasteiger partial charge in [-0.3, -0.25) is 0 Å². The average molecular weight is 568 g/mol. The minimum atomic E-state index is -0.890. The van der Waals surface area contributed by atoms with Crippen molar-refractivity contribution in [3.63, 3.8) is 0 Å². The van der Waals surface area contributed by atoms with E-state index < -0.39 is 4.84 Å². The van der Waals surface area contributed by atoms with Crippen LogP contribution in [0.25, 0.3) is 34.0 Å². The van der Waals surface area contributed by atoms with Crippen LogP contribution < -0.4 is 9.80 Å². The molecule has 0 bridgehead atoms. The van der Waals surface area contributed by atoms with E-state index in [2.05, 4.69) is 36.1 Å². The number of hydrogen-bond acceptors (Lipinski definition) is 8. The highest BCUT2D eigenvalue weighted by Crippen LogP contribution is 2.39. The Bertz CT molecular complexity index is 1550. The van der Waals surface area contributed by atoms with Crippen molar-refractivity contribution in [3.8, 4) is 34.0 Å². The third-order valence-corrected chi connectivity index (χ3v) is 7.07. The molecule has 0 atom stereocenters. The van der Waals surface area contributed by atoms with E-state index in [0.717, 1.165) is 54.4 Å². The smallest absolute Gasteiger partial charge is 0.260 e. The van der Waals surface area contributed by atoms with Crippen molar-refractivity contribution in [1.82, 2.24) is 20.3 Å². The molecular formula is C27H21Cl3N6O2. The number of rotatable bonds is 6. The van der Waals surface area contributed by atoms with Crippen molar-refractivity contribution >= 4 is 46.3 Å². The predicted octanol–water partition coefficient (Wildman–Crippen LogP) is 6.91. The third kappa shape index (κ3) is 4.95. The molecule has 6 rings (SSSR count). The standard InChI is InChI=1S/C27H21Cl3N6O2/c28-19-7-4-8-21(35-11-13-36(14-12-35)23-9-1-2-10-31-23)24(19)20-16-22(37-33-20)17-5-3-6-18(15-17)26-32-27(25(29)30)38-34-26/h1-10,15-16,25H,11-14H2. The van der Waals surface area contributed by atoms with Crippen molar-refractivity contribution in [2.24, 2.45) is 0 Å². The number of pyridine rings is 1. The molecule has 0 amide bonds. The summed E-state index contributed by atoms with van der Waals surface area (Å²) in [4.78, 5) is 12.5. The molecule has 1 aliphatic rings. The molecule has 0 aliphatic carbocycles. The van der Waals surface area contributed by atoms with Gasteiger partial charge in [-0.25, -0.2) is 4.98 Å². The molecule has 1 fully saturated rings. The minimum absolute atomic E-state index is 0.141. The van der Waals surface area contributed by atoms with Crippen LogP contribution in [-0.2, 0) is 0 Å². The molecule has 5 aromatic rings. The Hall–Kier alpha value is -3.59. The quantitative estimate of drug-likeness (QED) is 0.205. The van der Waals surface area contributed by atoms with E-state index in [0.29, 0.717) is 22.3 Å². The Kier molecular flexibility index (Phi) is 6.93. The molecule has 11 heteroatoms. The minimum Gasteiger partial charge on any atom is -0.367 e. The highest BCUT2D eigenvalue weighted by Gasteiger charge is 2.24. The fourth-order valence-electron chi connectivity index (χ4n) is 4.53. The number of piperazine rings is 1. The Morgan fingerprint density at radius 3 is 2.34 bits per heavy atom. The molecule has 2 aromatic carbocycles. The zero-order valence-corrected chi connectivity index (χ0v) is 22.2. The van der Waals surface area contributed by atoms with E-state index in [1.54, 1.807) is 0 Å². The van der Waals surface area contributed by atoms with Gasteiger partial charge < -0.3 is 18.8 Å². The Morgan fingerprint density at radius 2 is 1.58 bits per heavy atom. The lowest BCUT2D eigenvalue weighted by Gasteiger charge is -2.37. The van der Waals surface area contributed by atoms with Crippen LogP contribution in [0, 0.1) is 0 Å². The van der Waals surface area contributed by atoms with Crippen LogP contribution in [0.3, 0.4) is 0 Å². The van der Waals surface area contributed by atoms with Gasteiger partial charge in [-0.1, -0.05) is 75.4 Å². The van der Waals surface area contributed by atoms with E-state index in [4.69, 9.17) is 43.8 Å². The molecule has 3 aromatic heterocycles. The van der Waals surface area contributed by atoms with Crippen molar-refractivity contribution in [2.75, 3.05) is 36.0 Å². The number of alkyl halides is 2. The van der Waals surface area contributed by atoms with Crippen LogP contribution in [0.5, 0.6) is 0 Å². The molecule has 4 heterocycles. The zero-order chi connectivity index (χ0) is 26.1. The number of aromatic nitrogens is 4. The molecule has 0 unspecified atom stereocenters. The highest BCUT2D eigenvalue weighted by atomic mass is 35.5. The second-order valence-electron chi connectivity index (χ2n) is 8.71. The maximum absolute atomic E-state index is 6.72. The van der Waals surface area contributed by atoms with Gasteiger partial charge in [0.1, 0.15) is 11.5 Å². The van der Waals surface area contributed by atoms with Crippen LogP contribution in [-0.4, -0.2) is 46.5 Å². The van der Waals surface area contributed by atoms with Crippen LogP contribution in [0.2, 0.25) is 5.02 Å². The van der Waals surface area contributed by atoms with Crippen LogP contribution in [0.1, 0.15) is 10.7 Å². The topological polar surface area (TPSA) is 84.3 Å². The maximum atomic E-state index is 6.72. The summed E-state index contributed by atoms with van der Waals surface area (Å²) in [5.41, 5.74) is 4.05. The number of hydrogen-bond donors (Lipinski definition) is 0. The summed E-state index contributed by atoms with van der Waals surface area (Å²) in [7, 11) is 0. The van der Waals surface area contributed by atoms with Gasteiger partial charge in [0.05, 0.1) is 5.02 Å². The van der Waals surface area contributed by atoms with E-state index in [-0.39, 0.29) is 5.89 Å². The Morgan fingerprint density at radius 1 is 0.789 bits per heavy atom. The summed E-state index contributed by atoms with van der Waals surface area (Å²) in [6, 6.07) is 21.3. The van der Waals surface area contributed by atoms with Gasteiger partial charge in [-0.05, 0) is 30.3 Å². The van der Waals surface area contributed by atoms with E-state index in [1.165, 1.54) is 0 Å². The first-order chi connectivity index (χ1) is 18.6. The first kappa shape index (κ1) is 24.7. The SMILES string of the molecule is Clc1cccc(N2CCN(c3ccccn3)CC2)c1-c1cc(-c2cccc(-c3noc(C(Cl)Cl)n3)c2)on1. The molecule has 38 heavy (non-hydrogen) atoms. The lowest BCUT2D eigenvalue weighted by atomic mass is 10.0. The van der Waals surface area contributed by atoms with Gasteiger partial charge in [0, 0.05) is 60.8 Å². The molecule has 192 valence electrons. The lowest BCUT2D eigenvalue weighted by molar-refractivity contribution is 0.388. The van der Waals surface area contributed by atoms with Gasteiger partial charge in [0.25, 0.3) is 5.89 Å². The first-order valence-electron chi connectivity index (χ1n) is 12.0. The van der Waals surface area contributed by atoms with Crippen molar-refractivity contribution in [1.29, 1.82) is 0 Å². The van der Waals surface area contributed by atoms with Gasteiger partial charge in [0.2, 0.25) is 5.82 Å². The van der Waals surface area contributed by atoms with Gasteiger partial charge in [-0.15, -0.1) is 0 Å². The van der Waals surface area contributed by atoms with Crippen molar-refractivity contribution < 1.29 is 9.05 Å². The van der Waals surface area contributed by atoms with E-state index >= 15 is 0 Å². The maximum Gasteiger partial charge on any atom is 0.260 e. The summed E-state index contributed by atoms with van der Waals surface area (Å²) < 4.78 is 10.9. The lowest BCUT2D eigenvalue weighted by Crippen LogP contribution is -2.47. The molecule has 0 radical (unpaired) electrons. The number of anilines is 2. The largest absolute Gasteiger partial charge is 0.367 e. The molecule has 0 N–H and O–H groups in total. The predicted molar refractivity (Wildman–Crippen MR) is 149 cm³/mol. The second kappa shape index (κ2) is 10.6. The summed E-state index contributed by atoms with van der Waals surface area (Å²) in [5, 5.41) is 8.95. The fraction of sp³-hybridized carbons (Fsp3) is 0.185. The average Bonchev–Trinajstić information content (AvgIpc) is 3.65. The van der Waals surface area contributed by atoms with Crippen molar-refractivity contribution in [2.45, 2.75) is 4.84 Å². The summed E-state index contributed by atoms with van der Waals surface area (Å²) >= 11 is 18.4. The molecule has 8 nitrogen and oxygen atoms in total. The normalized spacial score (nSPS) is 13.9. The summed E-state index contributed by atoms with van der Waals surface area (Å²) in [6.45, 7) is 3.36. The summed E-state index contributed by atoms with van der Waals surface area (Å²) in [6.07, 6.45) is 1.82. The molecule has 1 saturated heterocycles. The number of halogens is 3. The van der Waals surface area contributed by atoms with Crippen LogP contribution in [0.15, 0.2) is 82.0 Å². The first-order valence-corrected chi connectivity index (χ1v) is 13.2. The van der Waals surface area contributed by atoms with Gasteiger partial charge in [0.15, 0.2) is 10.6 Å². The molecular weight excluding hydrogens is 547 g/mol. The second-order valence-corrected chi connectivity index (χ2v) is 10.2. The Balaban J connectivity index is 1.26. The Labute approximate surface area is 233 Å². The fourth-order valence-corrected chi connectivity index (χ4v) is 4.97. The van der Waals surface area contributed by atoms with Gasteiger partial charge in [-0.2, -0.15) is 4.98 Å². The van der Waals surface area contributed by atoms with Crippen LogP contribution >= 0.6 is 34.8 Å². The monoisotopic (exact) mass is 566 g/mol. The molecule has 0 spiro atoms. The number of nitrogens with zero attached hydrogens (tertiary/aromatic N) is 6. The number of benzene rings is 2. The van der Waals surface area contributed by atoms with E-state index in [9.17, 15) is 0 Å². The van der Waals surface area contributed by atoms with Gasteiger partial charge >= 0.3 is 0 Å². The van der Waals surface area contributed by atoms with E-state index in [1.807, 2.05) is 66.9 Å². The molecule has 1 aliphatic heterocycles. The molecule has 0 saturated carbocycles. The van der Waals surface area contributed by atoms with Crippen LogP contribution in [0.4, 0.5) is 11.5 Å². The third-order valence-electron chi connectivity index (χ3n) is 6.39. The zero-order valence-electron chi connectivity index (χ0n) is 20.0.